The Bertz CT molecular complexity index is 619. The number of nitrogens with one attached hydrogen (secondary N) is 1. The van der Waals surface area contributed by atoms with Crippen LogP contribution in [0.15, 0.2) is 59.6 Å². The number of amidine groups is 1. The van der Waals surface area contributed by atoms with E-state index in [-0.39, 0.29) is 6.04 Å². The molecule has 0 amide bonds. The van der Waals surface area contributed by atoms with Crippen molar-refractivity contribution in [1.29, 1.82) is 0 Å². The van der Waals surface area contributed by atoms with Gasteiger partial charge in [0.15, 0.2) is 5.17 Å². The highest BCUT2D eigenvalue weighted by Gasteiger charge is 2.22. The molecule has 0 spiro atoms. The highest BCUT2D eigenvalue weighted by molar-refractivity contribution is 8.14. The lowest BCUT2D eigenvalue weighted by Gasteiger charge is -2.16. The van der Waals surface area contributed by atoms with Gasteiger partial charge in [-0.2, -0.15) is 0 Å². The maximum absolute atomic E-state index is 4.65. The summed E-state index contributed by atoms with van der Waals surface area (Å²) in [6.45, 7) is 5.16. The first-order valence-corrected chi connectivity index (χ1v) is 8.19. The summed E-state index contributed by atoms with van der Waals surface area (Å²) in [5, 5.41) is 5.02. The molecule has 0 saturated carbocycles. The zero-order valence-corrected chi connectivity index (χ0v) is 13.2. The molecule has 21 heavy (non-hydrogen) atoms. The third-order valence-electron chi connectivity index (χ3n) is 3.74. The molecule has 2 unspecified atom stereocenters. The average molecular weight is 296 g/mol. The number of hydrogen-bond donors (Lipinski definition) is 1. The summed E-state index contributed by atoms with van der Waals surface area (Å²) >= 11 is 1.83. The van der Waals surface area contributed by atoms with Gasteiger partial charge in [0.05, 0.1) is 17.8 Å². The van der Waals surface area contributed by atoms with Crippen molar-refractivity contribution in [2.75, 3.05) is 6.54 Å². The molecule has 1 N–H and O–H groups in total. The van der Waals surface area contributed by atoms with Crippen molar-refractivity contribution >= 4 is 16.9 Å². The number of thioether (sulfide) groups is 1. The molecule has 0 aromatic heterocycles. The fraction of sp³-hybridized carbons (Fsp3) is 0.278. The minimum Gasteiger partial charge on any atom is -0.358 e. The highest BCUT2D eigenvalue weighted by Crippen LogP contribution is 2.34. The van der Waals surface area contributed by atoms with Crippen LogP contribution in [0.4, 0.5) is 0 Å². The van der Waals surface area contributed by atoms with Gasteiger partial charge in [-0.25, -0.2) is 0 Å². The maximum atomic E-state index is 4.65. The molecule has 0 aliphatic carbocycles. The lowest BCUT2D eigenvalue weighted by molar-refractivity contribution is 0.722. The monoisotopic (exact) mass is 296 g/mol. The summed E-state index contributed by atoms with van der Waals surface area (Å²) < 4.78 is 0. The van der Waals surface area contributed by atoms with Crippen LogP contribution < -0.4 is 5.32 Å². The van der Waals surface area contributed by atoms with Crippen molar-refractivity contribution < 1.29 is 0 Å². The SMILES string of the molecule is Cc1ccc(C(C)NC2=NCC(c3ccccc3)S2)cc1. The molecule has 0 fully saturated rings. The standard InChI is InChI=1S/C18H20N2S/c1-13-8-10-15(11-9-13)14(2)20-18-19-12-17(21-18)16-6-4-3-5-7-16/h3-11,14,17H,12H2,1-2H3,(H,19,20). The number of aliphatic imine (C=N–C) groups is 1. The average Bonchev–Trinajstić information content (AvgIpc) is 2.97. The van der Waals surface area contributed by atoms with Crippen LogP contribution in [0.25, 0.3) is 0 Å². The van der Waals surface area contributed by atoms with Gasteiger partial charge < -0.3 is 5.32 Å². The molecule has 1 aliphatic heterocycles. The number of aryl methyl sites for hydroxylation is 1. The Kier molecular flexibility index (Phi) is 4.30. The molecule has 0 saturated heterocycles. The number of benzene rings is 2. The third-order valence-corrected chi connectivity index (χ3v) is 4.92. The van der Waals surface area contributed by atoms with E-state index in [0.29, 0.717) is 5.25 Å². The summed E-state index contributed by atoms with van der Waals surface area (Å²) in [6.07, 6.45) is 0. The molecule has 0 radical (unpaired) electrons. The summed E-state index contributed by atoms with van der Waals surface area (Å²) in [7, 11) is 0. The molecular weight excluding hydrogens is 276 g/mol. The number of hydrogen-bond acceptors (Lipinski definition) is 3. The zero-order chi connectivity index (χ0) is 14.7. The Labute approximate surface area is 130 Å². The van der Waals surface area contributed by atoms with Gasteiger partial charge >= 0.3 is 0 Å². The van der Waals surface area contributed by atoms with E-state index in [2.05, 4.69) is 78.8 Å². The quantitative estimate of drug-likeness (QED) is 0.902. The fourth-order valence-corrected chi connectivity index (χ4v) is 3.53. The first kappa shape index (κ1) is 14.2. The van der Waals surface area contributed by atoms with Crippen molar-refractivity contribution in [2.45, 2.75) is 25.1 Å². The second-order valence-corrected chi connectivity index (χ2v) is 6.63. The second-order valence-electron chi connectivity index (χ2n) is 5.44. The normalized spacial score (nSPS) is 19.1. The van der Waals surface area contributed by atoms with Crippen molar-refractivity contribution in [1.82, 2.24) is 5.32 Å². The zero-order valence-electron chi connectivity index (χ0n) is 12.4. The Hall–Kier alpha value is -1.74. The summed E-state index contributed by atoms with van der Waals surface area (Å²) in [4.78, 5) is 4.65. The van der Waals surface area contributed by atoms with Crippen LogP contribution >= 0.6 is 11.8 Å². The second kappa shape index (κ2) is 6.35. The van der Waals surface area contributed by atoms with E-state index >= 15 is 0 Å². The Balaban J connectivity index is 1.60. The topological polar surface area (TPSA) is 24.4 Å². The fourth-order valence-electron chi connectivity index (χ4n) is 2.42. The van der Waals surface area contributed by atoms with Crippen LogP contribution in [0.2, 0.25) is 0 Å². The highest BCUT2D eigenvalue weighted by atomic mass is 32.2. The van der Waals surface area contributed by atoms with Crippen LogP contribution in [0.5, 0.6) is 0 Å². The van der Waals surface area contributed by atoms with E-state index in [1.807, 2.05) is 11.8 Å². The van der Waals surface area contributed by atoms with Gasteiger partial charge in [0.2, 0.25) is 0 Å². The molecule has 2 aromatic carbocycles. The number of nitrogens with zero attached hydrogens (tertiary/aromatic N) is 1. The van der Waals surface area contributed by atoms with Gasteiger partial charge in [-0.05, 0) is 25.0 Å². The minimum absolute atomic E-state index is 0.284. The van der Waals surface area contributed by atoms with Crippen molar-refractivity contribution in [2.24, 2.45) is 4.99 Å². The van der Waals surface area contributed by atoms with E-state index in [1.165, 1.54) is 16.7 Å². The van der Waals surface area contributed by atoms with Crippen LogP contribution in [-0.2, 0) is 0 Å². The van der Waals surface area contributed by atoms with Gasteiger partial charge in [-0.15, -0.1) is 0 Å². The Morgan fingerprint density at radius 2 is 1.81 bits per heavy atom. The summed E-state index contributed by atoms with van der Waals surface area (Å²) in [5.74, 6) is 0. The van der Waals surface area contributed by atoms with E-state index < -0.39 is 0 Å². The molecule has 2 aromatic rings. The van der Waals surface area contributed by atoms with Crippen molar-refractivity contribution in [3.63, 3.8) is 0 Å². The van der Waals surface area contributed by atoms with Gasteiger partial charge in [-0.3, -0.25) is 4.99 Å². The maximum Gasteiger partial charge on any atom is 0.157 e. The molecule has 2 nitrogen and oxygen atoms in total. The first-order chi connectivity index (χ1) is 10.2. The summed E-state index contributed by atoms with van der Waals surface area (Å²) in [6, 6.07) is 19.6. The van der Waals surface area contributed by atoms with E-state index in [0.717, 1.165) is 11.7 Å². The van der Waals surface area contributed by atoms with Crippen molar-refractivity contribution in [3.05, 3.63) is 71.3 Å². The molecule has 108 valence electrons. The van der Waals surface area contributed by atoms with Crippen LogP contribution in [-0.4, -0.2) is 11.7 Å². The van der Waals surface area contributed by atoms with Crippen molar-refractivity contribution in [3.8, 4) is 0 Å². The molecule has 3 rings (SSSR count). The van der Waals surface area contributed by atoms with Gasteiger partial charge in [0.25, 0.3) is 0 Å². The number of rotatable bonds is 3. The smallest absolute Gasteiger partial charge is 0.157 e. The van der Waals surface area contributed by atoms with Gasteiger partial charge in [0, 0.05) is 0 Å². The predicted molar refractivity (Wildman–Crippen MR) is 91.8 cm³/mol. The van der Waals surface area contributed by atoms with Crippen LogP contribution in [0.3, 0.4) is 0 Å². The largest absolute Gasteiger partial charge is 0.358 e. The molecule has 1 aliphatic rings. The van der Waals surface area contributed by atoms with E-state index in [1.54, 1.807) is 0 Å². The lowest BCUT2D eigenvalue weighted by Crippen LogP contribution is -2.23. The lowest BCUT2D eigenvalue weighted by atomic mass is 10.1. The minimum atomic E-state index is 0.284. The van der Waals surface area contributed by atoms with Crippen LogP contribution in [0, 0.1) is 6.92 Å². The first-order valence-electron chi connectivity index (χ1n) is 7.31. The Morgan fingerprint density at radius 3 is 2.52 bits per heavy atom. The van der Waals surface area contributed by atoms with Gasteiger partial charge in [-0.1, -0.05) is 71.9 Å². The Morgan fingerprint density at radius 1 is 1.10 bits per heavy atom. The van der Waals surface area contributed by atoms with Gasteiger partial charge in [0.1, 0.15) is 0 Å². The third kappa shape index (κ3) is 3.48. The van der Waals surface area contributed by atoms with E-state index in [4.69, 9.17) is 0 Å². The molecule has 1 heterocycles. The molecule has 2 atom stereocenters. The molecule has 3 heteroatoms. The summed E-state index contributed by atoms with van der Waals surface area (Å²) in [5.41, 5.74) is 3.95. The molecule has 0 bridgehead atoms. The molecular formula is C18H20N2S. The van der Waals surface area contributed by atoms with E-state index in [9.17, 15) is 0 Å². The predicted octanol–water partition coefficient (Wildman–Crippen LogP) is 4.49. The van der Waals surface area contributed by atoms with Crippen LogP contribution in [0.1, 0.15) is 34.9 Å².